The van der Waals surface area contributed by atoms with Gasteiger partial charge in [0.15, 0.2) is 0 Å². The summed E-state index contributed by atoms with van der Waals surface area (Å²) in [5.74, 6) is -0.0716. The van der Waals surface area contributed by atoms with Crippen LogP contribution in [-0.4, -0.2) is 49.5 Å². The normalized spacial score (nSPS) is 18.8. The molecule has 0 spiro atoms. The Hall–Kier alpha value is -1.47. The van der Waals surface area contributed by atoms with E-state index < -0.39 is 12.2 Å². The molecule has 2 rings (SSSR count). The SMILES string of the molecule is COc1cc(O)ccc1[C@H](N1CCNCC1)C(F)(F)F. The Morgan fingerprint density at radius 3 is 2.50 bits per heavy atom. The number of halogens is 3. The quantitative estimate of drug-likeness (QED) is 0.892. The van der Waals surface area contributed by atoms with Crippen molar-refractivity contribution in [3.8, 4) is 11.5 Å². The Bertz CT molecular complexity index is 459. The number of hydrogen-bond acceptors (Lipinski definition) is 4. The fourth-order valence-corrected chi connectivity index (χ4v) is 2.45. The van der Waals surface area contributed by atoms with Gasteiger partial charge in [0, 0.05) is 37.8 Å². The van der Waals surface area contributed by atoms with Crippen molar-refractivity contribution in [1.29, 1.82) is 0 Å². The van der Waals surface area contributed by atoms with Gasteiger partial charge in [-0.15, -0.1) is 0 Å². The molecule has 1 heterocycles. The highest BCUT2D eigenvalue weighted by Crippen LogP contribution is 2.42. The number of ether oxygens (including phenoxy) is 1. The van der Waals surface area contributed by atoms with Crippen LogP contribution in [-0.2, 0) is 0 Å². The summed E-state index contributed by atoms with van der Waals surface area (Å²) in [7, 11) is 1.30. The first kappa shape index (κ1) is 14.9. The molecule has 112 valence electrons. The lowest BCUT2D eigenvalue weighted by Crippen LogP contribution is -2.49. The molecule has 1 aliphatic rings. The molecule has 1 fully saturated rings. The molecule has 7 heteroatoms. The minimum absolute atomic E-state index is 0.0275. The van der Waals surface area contributed by atoms with E-state index in [-0.39, 0.29) is 17.1 Å². The summed E-state index contributed by atoms with van der Waals surface area (Å²) in [6, 6.07) is 2.00. The molecule has 0 unspecified atom stereocenters. The lowest BCUT2D eigenvalue weighted by atomic mass is 10.0. The van der Waals surface area contributed by atoms with Crippen LogP contribution < -0.4 is 10.1 Å². The molecule has 0 radical (unpaired) electrons. The third-order valence-electron chi connectivity index (χ3n) is 3.34. The molecule has 1 saturated heterocycles. The van der Waals surface area contributed by atoms with E-state index in [1.165, 1.54) is 30.2 Å². The zero-order valence-corrected chi connectivity index (χ0v) is 11.1. The largest absolute Gasteiger partial charge is 0.508 e. The van der Waals surface area contributed by atoms with Gasteiger partial charge >= 0.3 is 6.18 Å². The van der Waals surface area contributed by atoms with Crippen LogP contribution >= 0.6 is 0 Å². The van der Waals surface area contributed by atoms with Gasteiger partial charge in [-0.05, 0) is 12.1 Å². The molecule has 1 atom stereocenters. The van der Waals surface area contributed by atoms with Crippen molar-refractivity contribution < 1.29 is 23.0 Å². The highest BCUT2D eigenvalue weighted by atomic mass is 19.4. The average Bonchev–Trinajstić information content (AvgIpc) is 2.40. The molecule has 0 bridgehead atoms. The first-order valence-electron chi connectivity index (χ1n) is 6.32. The van der Waals surface area contributed by atoms with Gasteiger partial charge in [-0.3, -0.25) is 4.90 Å². The van der Waals surface area contributed by atoms with Gasteiger partial charge < -0.3 is 15.2 Å². The number of benzene rings is 1. The zero-order chi connectivity index (χ0) is 14.8. The summed E-state index contributed by atoms with van der Waals surface area (Å²) in [5, 5.41) is 12.4. The Morgan fingerprint density at radius 1 is 1.30 bits per heavy atom. The van der Waals surface area contributed by atoms with E-state index in [1.54, 1.807) is 0 Å². The predicted molar refractivity (Wildman–Crippen MR) is 67.9 cm³/mol. The number of phenolic OH excluding ortho intramolecular Hbond substituents is 1. The standard InChI is InChI=1S/C13H17F3N2O2/c1-20-11-8-9(19)2-3-10(11)12(13(14,15)16)18-6-4-17-5-7-18/h2-3,8,12,17,19H,4-7H2,1H3/t12-/m0/s1. The Labute approximate surface area is 115 Å². The van der Waals surface area contributed by atoms with Crippen LogP contribution in [0.3, 0.4) is 0 Å². The van der Waals surface area contributed by atoms with Gasteiger partial charge in [-0.2, -0.15) is 13.2 Å². The topological polar surface area (TPSA) is 44.7 Å². The van der Waals surface area contributed by atoms with E-state index in [4.69, 9.17) is 4.74 Å². The number of hydrogen-bond donors (Lipinski definition) is 2. The minimum atomic E-state index is -4.40. The van der Waals surface area contributed by atoms with Crippen molar-refractivity contribution in [2.24, 2.45) is 0 Å². The molecule has 0 aliphatic carbocycles. The van der Waals surface area contributed by atoms with Crippen LogP contribution in [0.2, 0.25) is 0 Å². The molecule has 0 aromatic heterocycles. The number of phenols is 1. The van der Waals surface area contributed by atoms with Gasteiger partial charge in [0.25, 0.3) is 0 Å². The molecule has 20 heavy (non-hydrogen) atoms. The summed E-state index contributed by atoms with van der Waals surface area (Å²) < 4.78 is 45.3. The Morgan fingerprint density at radius 2 is 1.95 bits per heavy atom. The van der Waals surface area contributed by atoms with Gasteiger partial charge in [0.2, 0.25) is 0 Å². The Balaban J connectivity index is 2.40. The zero-order valence-electron chi connectivity index (χ0n) is 11.1. The number of rotatable bonds is 3. The summed E-state index contributed by atoms with van der Waals surface area (Å²) >= 11 is 0. The summed E-state index contributed by atoms with van der Waals surface area (Å²) in [5.41, 5.74) is 0.0275. The lowest BCUT2D eigenvalue weighted by molar-refractivity contribution is -0.188. The van der Waals surface area contributed by atoms with Crippen molar-refractivity contribution >= 4 is 0 Å². The van der Waals surface area contributed by atoms with Crippen LogP contribution in [0.1, 0.15) is 11.6 Å². The van der Waals surface area contributed by atoms with Crippen molar-refractivity contribution in [3.05, 3.63) is 23.8 Å². The van der Waals surface area contributed by atoms with Gasteiger partial charge in [-0.25, -0.2) is 0 Å². The maximum absolute atomic E-state index is 13.4. The summed E-state index contributed by atoms with van der Waals surface area (Å²) in [4.78, 5) is 1.38. The third-order valence-corrected chi connectivity index (χ3v) is 3.34. The first-order valence-corrected chi connectivity index (χ1v) is 6.32. The molecule has 0 amide bonds. The van der Waals surface area contributed by atoms with Gasteiger partial charge in [-0.1, -0.05) is 0 Å². The molecule has 4 nitrogen and oxygen atoms in total. The highest BCUT2D eigenvalue weighted by Gasteiger charge is 2.46. The van der Waals surface area contributed by atoms with Crippen LogP contribution in [0.5, 0.6) is 11.5 Å². The second kappa shape index (κ2) is 5.88. The number of nitrogens with zero attached hydrogens (tertiary/aromatic N) is 1. The number of alkyl halides is 3. The molecule has 0 saturated carbocycles. The van der Waals surface area contributed by atoms with Gasteiger partial charge in [0.05, 0.1) is 7.11 Å². The molecular formula is C13H17F3N2O2. The van der Waals surface area contributed by atoms with E-state index in [2.05, 4.69) is 5.32 Å². The number of aromatic hydroxyl groups is 1. The number of nitrogens with one attached hydrogen (secondary N) is 1. The van der Waals surface area contributed by atoms with E-state index in [1.807, 2.05) is 0 Å². The fraction of sp³-hybridized carbons (Fsp3) is 0.538. The van der Waals surface area contributed by atoms with E-state index in [9.17, 15) is 18.3 Å². The van der Waals surface area contributed by atoms with Crippen LogP contribution in [0.25, 0.3) is 0 Å². The third kappa shape index (κ3) is 3.16. The lowest BCUT2D eigenvalue weighted by Gasteiger charge is -2.36. The van der Waals surface area contributed by atoms with E-state index in [0.29, 0.717) is 26.2 Å². The molecule has 1 aliphatic heterocycles. The van der Waals surface area contributed by atoms with Crippen molar-refractivity contribution in [2.45, 2.75) is 12.2 Å². The first-order chi connectivity index (χ1) is 9.43. The minimum Gasteiger partial charge on any atom is -0.508 e. The monoisotopic (exact) mass is 290 g/mol. The van der Waals surface area contributed by atoms with Crippen molar-refractivity contribution in [2.75, 3.05) is 33.3 Å². The van der Waals surface area contributed by atoms with E-state index >= 15 is 0 Å². The molecule has 2 N–H and O–H groups in total. The smallest absolute Gasteiger partial charge is 0.408 e. The number of piperazine rings is 1. The maximum Gasteiger partial charge on any atom is 0.408 e. The van der Waals surface area contributed by atoms with Crippen LogP contribution in [0, 0.1) is 0 Å². The second-order valence-electron chi connectivity index (χ2n) is 4.66. The van der Waals surface area contributed by atoms with Crippen LogP contribution in [0.4, 0.5) is 13.2 Å². The van der Waals surface area contributed by atoms with Crippen LogP contribution in [0.15, 0.2) is 18.2 Å². The Kier molecular flexibility index (Phi) is 4.39. The second-order valence-corrected chi connectivity index (χ2v) is 4.66. The highest BCUT2D eigenvalue weighted by molar-refractivity contribution is 5.42. The molecule has 1 aromatic carbocycles. The summed E-state index contributed by atoms with van der Waals surface area (Å²) in [6.07, 6.45) is -4.40. The van der Waals surface area contributed by atoms with Crippen molar-refractivity contribution in [3.63, 3.8) is 0 Å². The van der Waals surface area contributed by atoms with E-state index in [0.717, 1.165) is 0 Å². The number of methoxy groups -OCH3 is 1. The molecule has 1 aromatic rings. The average molecular weight is 290 g/mol. The maximum atomic E-state index is 13.4. The predicted octanol–water partition coefficient (Wildman–Crippen LogP) is 1.91. The summed E-state index contributed by atoms with van der Waals surface area (Å²) in [6.45, 7) is 1.67. The molecular weight excluding hydrogens is 273 g/mol. The fourth-order valence-electron chi connectivity index (χ4n) is 2.45. The van der Waals surface area contributed by atoms with Crippen molar-refractivity contribution in [1.82, 2.24) is 10.2 Å². The van der Waals surface area contributed by atoms with Gasteiger partial charge in [0.1, 0.15) is 17.5 Å².